The van der Waals surface area contributed by atoms with Crippen LogP contribution in [0.15, 0.2) is 0 Å². The molecule has 0 saturated carbocycles. The van der Waals surface area contributed by atoms with E-state index in [4.69, 9.17) is 10.5 Å². The molecule has 0 aliphatic rings. The van der Waals surface area contributed by atoms with Crippen LogP contribution in [0.2, 0.25) is 0 Å². The molecule has 68 valence electrons. The molecule has 12 heavy (non-hydrogen) atoms. The van der Waals surface area contributed by atoms with E-state index in [0.29, 0.717) is 11.6 Å². The minimum absolute atomic E-state index is 0.0648. The monoisotopic (exact) mass is 170 g/mol. The van der Waals surface area contributed by atoms with Crippen LogP contribution in [-0.2, 0) is 4.74 Å². The minimum Gasteiger partial charge on any atom is -0.374 e. The highest BCUT2D eigenvalue weighted by atomic mass is 16.5. The number of nitrogens with one attached hydrogen (secondary N) is 1. The van der Waals surface area contributed by atoms with E-state index in [1.807, 2.05) is 13.8 Å². The smallest absolute Gasteiger partial charge is 0.167 e. The second-order valence-corrected chi connectivity index (χ2v) is 2.75. The first kappa shape index (κ1) is 9.15. The highest BCUT2D eigenvalue weighted by Gasteiger charge is 2.11. The van der Waals surface area contributed by atoms with Crippen LogP contribution in [0.3, 0.4) is 0 Å². The van der Waals surface area contributed by atoms with Crippen LogP contribution >= 0.6 is 0 Å². The van der Waals surface area contributed by atoms with Gasteiger partial charge in [-0.1, -0.05) is 0 Å². The van der Waals surface area contributed by atoms with Crippen LogP contribution in [0.5, 0.6) is 0 Å². The molecular formula is C7H14N4O. The van der Waals surface area contributed by atoms with Crippen molar-refractivity contribution in [3.05, 3.63) is 11.6 Å². The standard InChI is InChI=1S/C7H14N4O/c1-4(8)6-9-7(11-10-6)5(2)12-3/h4-5H,8H2,1-3H3,(H,9,10,11). The SMILES string of the molecule is COC(C)c1nc(C(C)N)n[nH]1. The zero-order valence-corrected chi connectivity index (χ0v) is 7.53. The largest absolute Gasteiger partial charge is 0.374 e. The highest BCUT2D eigenvalue weighted by molar-refractivity contribution is 4.96. The Kier molecular flexibility index (Phi) is 2.78. The van der Waals surface area contributed by atoms with Gasteiger partial charge in [-0.05, 0) is 13.8 Å². The Hall–Kier alpha value is -0.940. The lowest BCUT2D eigenvalue weighted by Gasteiger charge is -2.03. The predicted molar refractivity (Wildman–Crippen MR) is 44.4 cm³/mol. The van der Waals surface area contributed by atoms with E-state index in [9.17, 15) is 0 Å². The molecule has 5 heteroatoms. The summed E-state index contributed by atoms with van der Waals surface area (Å²) in [6.45, 7) is 3.73. The van der Waals surface area contributed by atoms with Crippen LogP contribution in [0, 0.1) is 0 Å². The number of methoxy groups -OCH3 is 1. The molecule has 5 nitrogen and oxygen atoms in total. The molecule has 0 amide bonds. The average molecular weight is 170 g/mol. The lowest BCUT2D eigenvalue weighted by Crippen LogP contribution is -2.07. The lowest BCUT2D eigenvalue weighted by atomic mass is 10.3. The normalized spacial score (nSPS) is 16.0. The van der Waals surface area contributed by atoms with Gasteiger partial charge in [-0.2, -0.15) is 5.10 Å². The fourth-order valence-corrected chi connectivity index (χ4v) is 0.785. The van der Waals surface area contributed by atoms with E-state index in [-0.39, 0.29) is 12.1 Å². The van der Waals surface area contributed by atoms with E-state index in [2.05, 4.69) is 15.2 Å². The second-order valence-electron chi connectivity index (χ2n) is 2.75. The average Bonchev–Trinajstić information content (AvgIpc) is 2.51. The molecule has 0 aromatic carbocycles. The summed E-state index contributed by atoms with van der Waals surface area (Å²) in [5, 5.41) is 6.72. The highest BCUT2D eigenvalue weighted by Crippen LogP contribution is 2.11. The molecule has 3 N–H and O–H groups in total. The molecule has 0 fully saturated rings. The molecule has 0 saturated heterocycles. The van der Waals surface area contributed by atoms with Crippen molar-refractivity contribution >= 4 is 0 Å². The Bertz CT molecular complexity index is 245. The van der Waals surface area contributed by atoms with Gasteiger partial charge in [0.15, 0.2) is 11.6 Å². The van der Waals surface area contributed by atoms with Crippen molar-refractivity contribution in [1.82, 2.24) is 15.2 Å². The van der Waals surface area contributed by atoms with Crippen LogP contribution < -0.4 is 5.73 Å². The number of hydrogen-bond donors (Lipinski definition) is 2. The van der Waals surface area contributed by atoms with E-state index in [0.717, 1.165) is 0 Å². The number of nitrogens with two attached hydrogens (primary N) is 1. The molecule has 1 heterocycles. The maximum absolute atomic E-state index is 5.58. The molecule has 2 atom stereocenters. The third kappa shape index (κ3) is 1.80. The third-order valence-corrected chi connectivity index (χ3v) is 1.67. The van der Waals surface area contributed by atoms with E-state index in [1.165, 1.54) is 0 Å². The van der Waals surface area contributed by atoms with Gasteiger partial charge in [0.2, 0.25) is 0 Å². The van der Waals surface area contributed by atoms with Gasteiger partial charge in [0, 0.05) is 7.11 Å². The molecule has 0 radical (unpaired) electrons. The summed E-state index contributed by atoms with van der Waals surface area (Å²) >= 11 is 0. The zero-order chi connectivity index (χ0) is 9.14. The van der Waals surface area contributed by atoms with Crippen molar-refractivity contribution in [1.29, 1.82) is 0 Å². The summed E-state index contributed by atoms with van der Waals surface area (Å²) in [6.07, 6.45) is -0.0648. The second kappa shape index (κ2) is 3.64. The first-order valence-corrected chi connectivity index (χ1v) is 3.85. The zero-order valence-electron chi connectivity index (χ0n) is 7.53. The van der Waals surface area contributed by atoms with E-state index in [1.54, 1.807) is 7.11 Å². The van der Waals surface area contributed by atoms with Gasteiger partial charge < -0.3 is 10.5 Å². The molecular weight excluding hydrogens is 156 g/mol. The summed E-state index contributed by atoms with van der Waals surface area (Å²) in [4.78, 5) is 4.16. The van der Waals surface area contributed by atoms with Crippen molar-refractivity contribution in [2.24, 2.45) is 5.73 Å². The quantitative estimate of drug-likeness (QED) is 0.693. The Morgan fingerprint density at radius 1 is 1.50 bits per heavy atom. The molecule has 2 unspecified atom stereocenters. The Labute approximate surface area is 71.3 Å². The van der Waals surface area contributed by atoms with Crippen molar-refractivity contribution in [3.63, 3.8) is 0 Å². The first-order valence-electron chi connectivity index (χ1n) is 3.85. The maximum atomic E-state index is 5.58. The van der Waals surface area contributed by atoms with Crippen molar-refractivity contribution in [2.45, 2.75) is 26.0 Å². The van der Waals surface area contributed by atoms with Crippen LogP contribution in [0.25, 0.3) is 0 Å². The van der Waals surface area contributed by atoms with E-state index >= 15 is 0 Å². The summed E-state index contributed by atoms with van der Waals surface area (Å²) in [5.74, 6) is 1.33. The number of H-pyrrole nitrogens is 1. The summed E-state index contributed by atoms with van der Waals surface area (Å²) in [6, 6.07) is -0.140. The van der Waals surface area contributed by atoms with E-state index < -0.39 is 0 Å². The first-order chi connectivity index (χ1) is 5.65. The van der Waals surface area contributed by atoms with Gasteiger partial charge in [0.05, 0.1) is 6.04 Å². The van der Waals surface area contributed by atoms with Crippen molar-refractivity contribution < 1.29 is 4.74 Å². The molecule has 1 rings (SSSR count). The number of rotatable bonds is 3. The summed E-state index contributed by atoms with van der Waals surface area (Å²) < 4.78 is 5.05. The topological polar surface area (TPSA) is 76.8 Å². The number of nitrogens with zero attached hydrogens (tertiary/aromatic N) is 2. The van der Waals surface area contributed by atoms with Crippen molar-refractivity contribution in [3.8, 4) is 0 Å². The molecule has 1 aromatic rings. The van der Waals surface area contributed by atoms with Gasteiger partial charge in [-0.25, -0.2) is 4.98 Å². The Morgan fingerprint density at radius 3 is 2.58 bits per heavy atom. The Balaban J connectivity index is 2.77. The summed E-state index contributed by atoms with van der Waals surface area (Å²) in [7, 11) is 1.62. The van der Waals surface area contributed by atoms with Gasteiger partial charge in [0.25, 0.3) is 0 Å². The van der Waals surface area contributed by atoms with Crippen LogP contribution in [0.4, 0.5) is 0 Å². The predicted octanol–water partition coefficient (Wildman–Crippen LogP) is 0.532. The van der Waals surface area contributed by atoms with Gasteiger partial charge in [-0.15, -0.1) is 0 Å². The Morgan fingerprint density at radius 2 is 2.17 bits per heavy atom. The summed E-state index contributed by atoms with van der Waals surface area (Å²) in [5.41, 5.74) is 5.58. The number of hydrogen-bond acceptors (Lipinski definition) is 4. The molecule has 0 aliphatic heterocycles. The maximum Gasteiger partial charge on any atom is 0.167 e. The van der Waals surface area contributed by atoms with Crippen LogP contribution in [-0.4, -0.2) is 22.3 Å². The van der Waals surface area contributed by atoms with Crippen molar-refractivity contribution in [2.75, 3.05) is 7.11 Å². The number of aromatic nitrogens is 3. The number of ether oxygens (including phenoxy) is 1. The minimum atomic E-state index is -0.140. The molecule has 1 aromatic heterocycles. The number of aromatic amines is 1. The fourth-order valence-electron chi connectivity index (χ4n) is 0.785. The van der Waals surface area contributed by atoms with Gasteiger partial charge in [-0.3, -0.25) is 5.10 Å². The van der Waals surface area contributed by atoms with Gasteiger partial charge in [0.1, 0.15) is 6.10 Å². The lowest BCUT2D eigenvalue weighted by molar-refractivity contribution is 0.112. The molecule has 0 spiro atoms. The van der Waals surface area contributed by atoms with Gasteiger partial charge >= 0.3 is 0 Å². The fraction of sp³-hybridized carbons (Fsp3) is 0.714. The third-order valence-electron chi connectivity index (χ3n) is 1.67. The van der Waals surface area contributed by atoms with Crippen LogP contribution in [0.1, 0.15) is 37.6 Å². The molecule has 0 bridgehead atoms. The molecule has 0 aliphatic carbocycles.